The maximum atomic E-state index is 11.7. The fraction of sp³-hybridized carbons (Fsp3) is 0.385. The molecule has 5 nitrogen and oxygen atoms in total. The highest BCUT2D eigenvalue weighted by atomic mass is 79.9. The first-order valence-electron chi connectivity index (χ1n) is 5.99. The molecule has 0 unspecified atom stereocenters. The number of carbonyl (C=O) groups is 2. The smallest absolute Gasteiger partial charge is 0.258 e. The molecule has 2 rings (SSSR count). The molecule has 0 bridgehead atoms. The van der Waals surface area contributed by atoms with E-state index < -0.39 is 6.04 Å². The van der Waals surface area contributed by atoms with Gasteiger partial charge in [0.25, 0.3) is 5.91 Å². The van der Waals surface area contributed by atoms with Crippen LogP contribution in [0.4, 0.5) is 0 Å². The number of benzene rings is 1. The molecule has 1 saturated heterocycles. The van der Waals surface area contributed by atoms with Gasteiger partial charge >= 0.3 is 0 Å². The molecule has 1 aromatic rings. The van der Waals surface area contributed by atoms with Crippen molar-refractivity contribution in [2.45, 2.75) is 12.5 Å². The molecule has 0 aliphatic carbocycles. The molecule has 6 heteroatoms. The highest BCUT2D eigenvalue weighted by Gasteiger charge is 2.30. The molecule has 102 valence electrons. The van der Waals surface area contributed by atoms with Crippen LogP contribution in [0.1, 0.15) is 6.42 Å². The summed E-state index contributed by atoms with van der Waals surface area (Å²) >= 11 is 3.33. The van der Waals surface area contributed by atoms with Crippen molar-refractivity contribution in [3.8, 4) is 5.75 Å². The van der Waals surface area contributed by atoms with Gasteiger partial charge in [0.1, 0.15) is 11.8 Å². The number of hydrogen-bond acceptors (Lipinski definition) is 3. The molecular weight excluding hydrogens is 312 g/mol. The van der Waals surface area contributed by atoms with Gasteiger partial charge in [-0.1, -0.05) is 12.1 Å². The van der Waals surface area contributed by atoms with Gasteiger partial charge in [-0.3, -0.25) is 9.59 Å². The second kappa shape index (κ2) is 6.06. The Balaban J connectivity index is 1.82. The SMILES string of the molecule is CN1CC[C@H](NC(=O)COc2ccccc2Br)C1=O. The Hall–Kier alpha value is -1.56. The van der Waals surface area contributed by atoms with Crippen molar-refractivity contribution in [3.63, 3.8) is 0 Å². The van der Waals surface area contributed by atoms with Crippen LogP contribution < -0.4 is 10.1 Å². The van der Waals surface area contributed by atoms with E-state index in [9.17, 15) is 9.59 Å². The summed E-state index contributed by atoms with van der Waals surface area (Å²) < 4.78 is 6.18. The number of amides is 2. The zero-order valence-electron chi connectivity index (χ0n) is 10.6. The maximum Gasteiger partial charge on any atom is 0.258 e. The van der Waals surface area contributed by atoms with E-state index in [1.54, 1.807) is 18.0 Å². The van der Waals surface area contributed by atoms with Crippen LogP contribution in [0.25, 0.3) is 0 Å². The molecule has 0 spiro atoms. The monoisotopic (exact) mass is 326 g/mol. The van der Waals surface area contributed by atoms with E-state index in [1.807, 2.05) is 18.2 Å². The number of carbonyl (C=O) groups excluding carboxylic acids is 2. The van der Waals surface area contributed by atoms with E-state index in [1.165, 1.54) is 0 Å². The average Bonchev–Trinajstić information content (AvgIpc) is 2.70. The number of nitrogens with zero attached hydrogens (tertiary/aromatic N) is 1. The van der Waals surface area contributed by atoms with Crippen LogP contribution in [-0.2, 0) is 9.59 Å². The number of nitrogens with one attached hydrogen (secondary N) is 1. The topological polar surface area (TPSA) is 58.6 Å². The molecule has 0 radical (unpaired) electrons. The van der Waals surface area contributed by atoms with Crippen LogP contribution in [0.5, 0.6) is 5.75 Å². The molecule has 1 aliphatic rings. The van der Waals surface area contributed by atoms with Gasteiger partial charge in [-0.2, -0.15) is 0 Å². The Morgan fingerprint density at radius 2 is 2.26 bits per heavy atom. The summed E-state index contributed by atoms with van der Waals surface area (Å²) in [5.74, 6) is 0.270. The molecule has 19 heavy (non-hydrogen) atoms. The van der Waals surface area contributed by atoms with Crippen molar-refractivity contribution >= 4 is 27.7 Å². The summed E-state index contributed by atoms with van der Waals surface area (Å²) in [6.07, 6.45) is 0.649. The molecule has 0 aromatic heterocycles. The molecule has 1 heterocycles. The van der Waals surface area contributed by atoms with Crippen LogP contribution in [0.15, 0.2) is 28.7 Å². The van der Waals surface area contributed by atoms with Crippen LogP contribution in [0.3, 0.4) is 0 Å². The Morgan fingerprint density at radius 1 is 1.53 bits per heavy atom. The summed E-state index contributed by atoms with van der Waals surface area (Å²) in [5, 5.41) is 2.68. The normalized spacial score (nSPS) is 18.5. The lowest BCUT2D eigenvalue weighted by Gasteiger charge is -2.13. The number of hydrogen-bond donors (Lipinski definition) is 1. The quantitative estimate of drug-likeness (QED) is 0.903. The highest BCUT2D eigenvalue weighted by Crippen LogP contribution is 2.23. The summed E-state index contributed by atoms with van der Waals surface area (Å²) in [5.41, 5.74) is 0. The summed E-state index contributed by atoms with van der Waals surface area (Å²) in [6, 6.07) is 6.88. The lowest BCUT2D eigenvalue weighted by Crippen LogP contribution is -2.42. The van der Waals surface area contributed by atoms with Gasteiger partial charge in [0.15, 0.2) is 6.61 Å². The van der Waals surface area contributed by atoms with Crippen molar-refractivity contribution < 1.29 is 14.3 Å². The molecule has 1 aromatic carbocycles. The van der Waals surface area contributed by atoms with E-state index in [-0.39, 0.29) is 18.4 Å². The third kappa shape index (κ3) is 3.47. The van der Waals surface area contributed by atoms with Gasteiger partial charge in [0.2, 0.25) is 5.91 Å². The summed E-state index contributed by atoms with van der Waals surface area (Å²) in [7, 11) is 1.73. The van der Waals surface area contributed by atoms with Gasteiger partial charge in [0.05, 0.1) is 4.47 Å². The van der Waals surface area contributed by atoms with Crippen LogP contribution in [0.2, 0.25) is 0 Å². The Morgan fingerprint density at radius 3 is 2.89 bits per heavy atom. The average molecular weight is 327 g/mol. The highest BCUT2D eigenvalue weighted by molar-refractivity contribution is 9.10. The number of rotatable bonds is 4. The summed E-state index contributed by atoms with van der Waals surface area (Å²) in [4.78, 5) is 25.0. The molecule has 1 aliphatic heterocycles. The van der Waals surface area contributed by atoms with Gasteiger partial charge in [-0.25, -0.2) is 0 Å². The van der Waals surface area contributed by atoms with Crippen molar-refractivity contribution in [3.05, 3.63) is 28.7 Å². The predicted octanol–water partition coefficient (Wildman–Crippen LogP) is 1.17. The Labute approximate surface area is 120 Å². The van der Waals surface area contributed by atoms with Crippen molar-refractivity contribution in [2.75, 3.05) is 20.2 Å². The number of para-hydroxylation sites is 1. The van der Waals surface area contributed by atoms with E-state index in [2.05, 4.69) is 21.2 Å². The fourth-order valence-electron chi connectivity index (χ4n) is 1.90. The van der Waals surface area contributed by atoms with Crippen molar-refractivity contribution in [1.82, 2.24) is 10.2 Å². The minimum atomic E-state index is -0.416. The largest absolute Gasteiger partial charge is 0.483 e. The van der Waals surface area contributed by atoms with Crippen LogP contribution in [-0.4, -0.2) is 43.0 Å². The first-order valence-corrected chi connectivity index (χ1v) is 6.79. The molecule has 1 N–H and O–H groups in total. The van der Waals surface area contributed by atoms with Gasteiger partial charge in [-0.15, -0.1) is 0 Å². The van der Waals surface area contributed by atoms with Gasteiger partial charge in [-0.05, 0) is 34.5 Å². The molecule has 2 amide bonds. The van der Waals surface area contributed by atoms with E-state index in [0.29, 0.717) is 18.7 Å². The minimum absolute atomic E-state index is 0.0470. The van der Waals surface area contributed by atoms with E-state index in [4.69, 9.17) is 4.74 Å². The van der Waals surface area contributed by atoms with Crippen LogP contribution in [0, 0.1) is 0 Å². The Kier molecular flexibility index (Phi) is 4.42. The van der Waals surface area contributed by atoms with Gasteiger partial charge < -0.3 is 15.0 Å². The van der Waals surface area contributed by atoms with Crippen LogP contribution >= 0.6 is 15.9 Å². The number of likely N-dealkylation sites (N-methyl/N-ethyl adjacent to an activating group) is 1. The first-order chi connectivity index (χ1) is 9.08. The van der Waals surface area contributed by atoms with E-state index >= 15 is 0 Å². The lowest BCUT2D eigenvalue weighted by molar-refractivity contribution is -0.132. The second-order valence-corrected chi connectivity index (χ2v) is 5.24. The standard InChI is InChI=1S/C13H15BrN2O3/c1-16-7-6-10(13(16)18)15-12(17)8-19-11-5-3-2-4-9(11)14/h2-5,10H,6-8H2,1H3,(H,15,17)/t10-/m0/s1. The second-order valence-electron chi connectivity index (χ2n) is 4.39. The Bertz CT molecular complexity index is 493. The number of ether oxygens (including phenoxy) is 1. The van der Waals surface area contributed by atoms with Crippen molar-refractivity contribution in [1.29, 1.82) is 0 Å². The first kappa shape index (κ1) is 13.9. The third-order valence-corrected chi connectivity index (χ3v) is 3.61. The summed E-state index contributed by atoms with van der Waals surface area (Å²) in [6.45, 7) is 0.574. The van der Waals surface area contributed by atoms with Crippen molar-refractivity contribution in [2.24, 2.45) is 0 Å². The minimum Gasteiger partial charge on any atom is -0.483 e. The zero-order chi connectivity index (χ0) is 13.8. The fourth-order valence-corrected chi connectivity index (χ4v) is 2.30. The van der Waals surface area contributed by atoms with Gasteiger partial charge in [0, 0.05) is 13.6 Å². The maximum absolute atomic E-state index is 11.7. The molecule has 1 atom stereocenters. The molecule has 0 saturated carbocycles. The lowest BCUT2D eigenvalue weighted by atomic mass is 10.2. The molecular formula is C13H15BrN2O3. The third-order valence-electron chi connectivity index (χ3n) is 2.96. The number of likely N-dealkylation sites (tertiary alicyclic amines) is 1. The predicted molar refractivity (Wildman–Crippen MR) is 73.8 cm³/mol. The molecule has 1 fully saturated rings. The zero-order valence-corrected chi connectivity index (χ0v) is 12.1. The number of halogens is 1. The van der Waals surface area contributed by atoms with E-state index in [0.717, 1.165) is 4.47 Å².